The lowest BCUT2D eigenvalue weighted by molar-refractivity contribution is -0.131. The number of aromatic nitrogens is 1. The van der Waals surface area contributed by atoms with E-state index in [-0.39, 0.29) is 5.91 Å². The van der Waals surface area contributed by atoms with Crippen LogP contribution in [0.5, 0.6) is 11.5 Å². The van der Waals surface area contributed by atoms with E-state index in [0.717, 1.165) is 40.9 Å². The lowest BCUT2D eigenvalue weighted by Crippen LogP contribution is -2.36. The number of hydrogen-bond acceptors (Lipinski definition) is 3. The summed E-state index contributed by atoms with van der Waals surface area (Å²) in [5.41, 5.74) is 4.33. The molecular weight excluding hydrogens is 328 g/mol. The fourth-order valence-corrected chi connectivity index (χ4v) is 3.72. The first-order valence-corrected chi connectivity index (χ1v) is 8.77. The van der Waals surface area contributed by atoms with E-state index >= 15 is 0 Å². The van der Waals surface area contributed by atoms with Crippen molar-refractivity contribution in [1.82, 2.24) is 9.88 Å². The molecule has 0 bridgehead atoms. The number of H-pyrrole nitrogens is 1. The summed E-state index contributed by atoms with van der Waals surface area (Å²) >= 11 is 0. The molecule has 0 spiro atoms. The summed E-state index contributed by atoms with van der Waals surface area (Å²) in [5, 5.41) is 1.13. The summed E-state index contributed by atoms with van der Waals surface area (Å²) < 4.78 is 10.8. The fourth-order valence-electron chi connectivity index (χ4n) is 3.72. The molecule has 1 amide bonds. The number of aromatic amines is 1. The second kappa shape index (κ2) is 6.75. The number of benzene rings is 2. The molecule has 0 radical (unpaired) electrons. The van der Waals surface area contributed by atoms with Gasteiger partial charge in [-0.05, 0) is 12.1 Å². The number of para-hydroxylation sites is 2. The van der Waals surface area contributed by atoms with Crippen molar-refractivity contribution in [2.75, 3.05) is 20.8 Å². The summed E-state index contributed by atoms with van der Waals surface area (Å²) in [7, 11) is 3.31. The Bertz CT molecular complexity index is 961. The predicted octanol–water partition coefficient (Wildman–Crippen LogP) is 3.31. The zero-order valence-corrected chi connectivity index (χ0v) is 15.0. The molecule has 0 saturated heterocycles. The van der Waals surface area contributed by atoms with Gasteiger partial charge >= 0.3 is 0 Å². The minimum absolute atomic E-state index is 0.123. The topological polar surface area (TPSA) is 54.6 Å². The summed E-state index contributed by atoms with van der Waals surface area (Å²) in [6.45, 7) is 1.34. The summed E-state index contributed by atoms with van der Waals surface area (Å²) in [5.74, 6) is 1.72. The van der Waals surface area contributed by atoms with Crippen LogP contribution in [0.4, 0.5) is 0 Å². The Morgan fingerprint density at radius 3 is 2.65 bits per heavy atom. The minimum Gasteiger partial charge on any atom is -0.496 e. The third kappa shape index (κ3) is 2.79. The molecule has 5 nitrogen and oxygen atoms in total. The highest BCUT2D eigenvalue weighted by atomic mass is 16.5. The molecule has 0 saturated carbocycles. The molecule has 0 unspecified atom stereocenters. The van der Waals surface area contributed by atoms with Gasteiger partial charge in [-0.25, -0.2) is 0 Å². The number of nitrogens with zero attached hydrogens (tertiary/aromatic N) is 1. The van der Waals surface area contributed by atoms with Crippen molar-refractivity contribution in [2.24, 2.45) is 0 Å². The fraction of sp³-hybridized carbons (Fsp3) is 0.286. The van der Waals surface area contributed by atoms with Gasteiger partial charge in [0, 0.05) is 41.7 Å². The van der Waals surface area contributed by atoms with Crippen LogP contribution in [0.25, 0.3) is 10.9 Å². The van der Waals surface area contributed by atoms with E-state index in [9.17, 15) is 4.79 Å². The van der Waals surface area contributed by atoms with Gasteiger partial charge in [0.15, 0.2) is 0 Å². The van der Waals surface area contributed by atoms with Crippen LogP contribution in [0.3, 0.4) is 0 Å². The number of methoxy groups -OCH3 is 2. The van der Waals surface area contributed by atoms with Gasteiger partial charge < -0.3 is 19.4 Å². The van der Waals surface area contributed by atoms with E-state index in [1.807, 2.05) is 41.3 Å². The maximum Gasteiger partial charge on any atom is 0.227 e. The van der Waals surface area contributed by atoms with E-state index in [1.165, 1.54) is 11.3 Å². The molecule has 1 N–H and O–H groups in total. The minimum atomic E-state index is 0.123. The summed E-state index contributed by atoms with van der Waals surface area (Å²) in [4.78, 5) is 18.3. The number of carbonyl (C=O) groups excluding carboxylic acids is 1. The molecule has 0 fully saturated rings. The largest absolute Gasteiger partial charge is 0.496 e. The molecule has 2 aromatic carbocycles. The van der Waals surface area contributed by atoms with Gasteiger partial charge in [0.1, 0.15) is 11.5 Å². The second-order valence-corrected chi connectivity index (χ2v) is 6.52. The van der Waals surface area contributed by atoms with Crippen LogP contribution in [0, 0.1) is 0 Å². The van der Waals surface area contributed by atoms with Gasteiger partial charge in [0.2, 0.25) is 5.91 Å². The van der Waals surface area contributed by atoms with Crippen molar-refractivity contribution in [3.63, 3.8) is 0 Å². The van der Waals surface area contributed by atoms with E-state index in [0.29, 0.717) is 13.0 Å². The van der Waals surface area contributed by atoms with Crippen LogP contribution in [-0.4, -0.2) is 36.6 Å². The van der Waals surface area contributed by atoms with Crippen molar-refractivity contribution < 1.29 is 14.3 Å². The highest BCUT2D eigenvalue weighted by molar-refractivity contribution is 5.90. The zero-order valence-electron chi connectivity index (χ0n) is 15.0. The Balaban J connectivity index is 1.59. The number of fused-ring (bicyclic) bond motifs is 3. The molecule has 1 aromatic heterocycles. The lowest BCUT2D eigenvalue weighted by Gasteiger charge is -2.27. The van der Waals surface area contributed by atoms with Crippen molar-refractivity contribution in [1.29, 1.82) is 0 Å². The third-order valence-electron chi connectivity index (χ3n) is 5.08. The molecule has 0 aliphatic carbocycles. The van der Waals surface area contributed by atoms with Gasteiger partial charge in [-0.15, -0.1) is 0 Å². The Morgan fingerprint density at radius 1 is 1.08 bits per heavy atom. The normalized spacial score (nSPS) is 13.5. The van der Waals surface area contributed by atoms with E-state index in [2.05, 4.69) is 11.1 Å². The Kier molecular flexibility index (Phi) is 4.29. The maximum atomic E-state index is 12.9. The smallest absolute Gasteiger partial charge is 0.227 e. The molecule has 1 aliphatic rings. The Hall–Kier alpha value is -2.95. The van der Waals surface area contributed by atoms with Gasteiger partial charge in [-0.1, -0.05) is 30.3 Å². The lowest BCUT2D eigenvalue weighted by atomic mass is 10.0. The molecule has 2 heterocycles. The van der Waals surface area contributed by atoms with Crippen LogP contribution in [0.1, 0.15) is 16.8 Å². The average molecular weight is 350 g/mol. The molecule has 4 rings (SSSR count). The number of ether oxygens (including phenoxy) is 2. The Morgan fingerprint density at radius 2 is 1.85 bits per heavy atom. The van der Waals surface area contributed by atoms with Crippen LogP contribution < -0.4 is 9.47 Å². The first-order chi connectivity index (χ1) is 12.7. The predicted molar refractivity (Wildman–Crippen MR) is 101 cm³/mol. The first-order valence-electron chi connectivity index (χ1n) is 8.77. The van der Waals surface area contributed by atoms with Gasteiger partial charge in [-0.3, -0.25) is 4.79 Å². The molecule has 134 valence electrons. The SMILES string of the molecule is COc1ccccc1CC(=O)N1CCc2[nH]c3c(OC)cccc3c2C1. The number of hydrogen-bond donors (Lipinski definition) is 1. The van der Waals surface area contributed by atoms with Gasteiger partial charge in [-0.2, -0.15) is 0 Å². The highest BCUT2D eigenvalue weighted by Gasteiger charge is 2.25. The molecule has 0 atom stereocenters. The number of carbonyl (C=O) groups is 1. The van der Waals surface area contributed by atoms with Crippen molar-refractivity contribution >= 4 is 16.8 Å². The summed E-state index contributed by atoms with van der Waals surface area (Å²) in [6, 6.07) is 13.7. The quantitative estimate of drug-likeness (QED) is 0.785. The molecule has 1 aliphatic heterocycles. The van der Waals surface area contributed by atoms with Crippen LogP contribution in [0.2, 0.25) is 0 Å². The summed E-state index contributed by atoms with van der Waals surface area (Å²) in [6.07, 6.45) is 1.18. The van der Waals surface area contributed by atoms with E-state index in [4.69, 9.17) is 9.47 Å². The number of rotatable bonds is 4. The highest BCUT2D eigenvalue weighted by Crippen LogP contribution is 2.33. The van der Waals surface area contributed by atoms with Crippen LogP contribution >= 0.6 is 0 Å². The van der Waals surface area contributed by atoms with Crippen LogP contribution in [0.15, 0.2) is 42.5 Å². The van der Waals surface area contributed by atoms with Gasteiger partial charge in [0.25, 0.3) is 0 Å². The second-order valence-electron chi connectivity index (χ2n) is 6.52. The molecule has 5 heteroatoms. The van der Waals surface area contributed by atoms with E-state index < -0.39 is 0 Å². The van der Waals surface area contributed by atoms with Crippen molar-refractivity contribution in [2.45, 2.75) is 19.4 Å². The van der Waals surface area contributed by atoms with Crippen molar-refractivity contribution in [3.05, 3.63) is 59.3 Å². The van der Waals surface area contributed by atoms with Crippen molar-refractivity contribution in [3.8, 4) is 11.5 Å². The first kappa shape index (κ1) is 16.5. The maximum absolute atomic E-state index is 12.9. The Labute approximate surface area is 152 Å². The third-order valence-corrected chi connectivity index (χ3v) is 5.08. The molecule has 26 heavy (non-hydrogen) atoms. The average Bonchev–Trinajstić information content (AvgIpc) is 3.06. The van der Waals surface area contributed by atoms with Crippen LogP contribution in [-0.2, 0) is 24.2 Å². The standard InChI is InChI=1S/C21H22N2O3/c1-25-18-8-4-3-6-14(18)12-20(24)23-11-10-17-16(13-23)15-7-5-9-19(26-2)21(15)22-17/h3-9,22H,10-13H2,1-2H3. The monoisotopic (exact) mass is 350 g/mol. The van der Waals surface area contributed by atoms with Gasteiger partial charge in [0.05, 0.1) is 26.2 Å². The number of amides is 1. The molecule has 3 aromatic rings. The number of nitrogens with one attached hydrogen (secondary N) is 1. The van der Waals surface area contributed by atoms with E-state index in [1.54, 1.807) is 14.2 Å². The molecular formula is C21H22N2O3. The zero-order chi connectivity index (χ0) is 18.1.